The van der Waals surface area contributed by atoms with Gasteiger partial charge in [-0.3, -0.25) is 0 Å². The molecular formula is C8H10BNO3S. The maximum atomic E-state index is 11.4. The Balaban J connectivity index is 2.87. The van der Waals surface area contributed by atoms with Crippen molar-refractivity contribution in [3.05, 3.63) is 24.3 Å². The second-order valence-corrected chi connectivity index (χ2v) is 4.46. The van der Waals surface area contributed by atoms with Crippen molar-refractivity contribution in [2.24, 2.45) is 0 Å². The molecule has 0 aliphatic carbocycles. The van der Waals surface area contributed by atoms with Crippen molar-refractivity contribution < 1.29 is 13.5 Å². The number of aliphatic hydroxyl groups excluding tert-OH is 1. The molecule has 0 saturated heterocycles. The van der Waals surface area contributed by atoms with Gasteiger partial charge in [-0.15, -0.1) is 0 Å². The molecule has 0 saturated carbocycles. The summed E-state index contributed by atoms with van der Waals surface area (Å²) < 4.78 is 25.1. The molecule has 6 heteroatoms. The smallest absolute Gasteiger partial charge is 0.240 e. The number of nitrogens with one attached hydrogen (secondary N) is 1. The number of hydrogen-bond acceptors (Lipinski definition) is 3. The van der Waals surface area contributed by atoms with E-state index < -0.39 is 10.0 Å². The van der Waals surface area contributed by atoms with Crippen LogP contribution in [0.5, 0.6) is 0 Å². The van der Waals surface area contributed by atoms with Crippen LogP contribution >= 0.6 is 0 Å². The van der Waals surface area contributed by atoms with E-state index >= 15 is 0 Å². The molecule has 0 aliphatic rings. The number of rotatable bonds is 4. The average molecular weight is 211 g/mol. The summed E-state index contributed by atoms with van der Waals surface area (Å²) in [6.07, 6.45) is 0. The molecule has 14 heavy (non-hydrogen) atoms. The van der Waals surface area contributed by atoms with E-state index in [0.717, 1.165) is 0 Å². The molecule has 0 aromatic heterocycles. The van der Waals surface area contributed by atoms with Crippen molar-refractivity contribution in [1.29, 1.82) is 0 Å². The first-order valence-electron chi connectivity index (χ1n) is 4.02. The largest absolute Gasteiger partial charge is 0.395 e. The third-order valence-electron chi connectivity index (χ3n) is 1.59. The molecule has 1 aromatic rings. The second kappa shape index (κ2) is 4.59. The van der Waals surface area contributed by atoms with Crippen LogP contribution < -0.4 is 10.2 Å². The first kappa shape index (κ1) is 11.2. The van der Waals surface area contributed by atoms with Gasteiger partial charge in [0.15, 0.2) is 0 Å². The predicted octanol–water partition coefficient (Wildman–Crippen LogP) is -1.25. The van der Waals surface area contributed by atoms with Crippen LogP contribution in [0.2, 0.25) is 0 Å². The van der Waals surface area contributed by atoms with Gasteiger partial charge < -0.3 is 5.11 Å². The topological polar surface area (TPSA) is 66.4 Å². The summed E-state index contributed by atoms with van der Waals surface area (Å²) >= 11 is 0. The third-order valence-corrected chi connectivity index (χ3v) is 3.07. The quantitative estimate of drug-likeness (QED) is 0.611. The van der Waals surface area contributed by atoms with Crippen molar-refractivity contribution >= 4 is 23.3 Å². The Kier molecular flexibility index (Phi) is 3.68. The van der Waals surface area contributed by atoms with Crippen LogP contribution in [0, 0.1) is 0 Å². The van der Waals surface area contributed by atoms with Crippen molar-refractivity contribution in [3.63, 3.8) is 0 Å². The fraction of sp³-hybridized carbons (Fsp3) is 0.250. The van der Waals surface area contributed by atoms with Crippen LogP contribution in [-0.2, 0) is 10.0 Å². The van der Waals surface area contributed by atoms with Crippen LogP contribution in [0.25, 0.3) is 0 Å². The van der Waals surface area contributed by atoms with Gasteiger partial charge in [0.2, 0.25) is 10.0 Å². The highest BCUT2D eigenvalue weighted by atomic mass is 32.2. The van der Waals surface area contributed by atoms with E-state index in [-0.39, 0.29) is 18.0 Å². The Morgan fingerprint density at radius 2 is 1.86 bits per heavy atom. The van der Waals surface area contributed by atoms with Gasteiger partial charge in [0.25, 0.3) is 0 Å². The summed E-state index contributed by atoms with van der Waals surface area (Å²) in [4.78, 5) is 0.139. The Labute approximate surface area is 84.4 Å². The summed E-state index contributed by atoms with van der Waals surface area (Å²) in [5, 5.41) is 8.47. The molecule has 74 valence electrons. The third kappa shape index (κ3) is 2.83. The summed E-state index contributed by atoms with van der Waals surface area (Å²) in [5.41, 5.74) is 0.506. The van der Waals surface area contributed by atoms with E-state index in [4.69, 9.17) is 13.0 Å². The number of sulfonamides is 1. The molecule has 0 atom stereocenters. The minimum absolute atomic E-state index is 0.00666. The normalized spacial score (nSPS) is 11.5. The van der Waals surface area contributed by atoms with Crippen LogP contribution in [0.1, 0.15) is 0 Å². The molecule has 4 nitrogen and oxygen atoms in total. The van der Waals surface area contributed by atoms with E-state index in [1.54, 1.807) is 0 Å². The molecule has 1 rings (SSSR count). The molecule has 0 fully saturated rings. The fourth-order valence-corrected chi connectivity index (χ4v) is 1.93. The van der Waals surface area contributed by atoms with E-state index in [1.165, 1.54) is 24.3 Å². The molecule has 0 heterocycles. The van der Waals surface area contributed by atoms with Gasteiger partial charge in [-0.2, -0.15) is 0 Å². The van der Waals surface area contributed by atoms with E-state index in [9.17, 15) is 8.42 Å². The van der Waals surface area contributed by atoms with Crippen molar-refractivity contribution in [3.8, 4) is 0 Å². The fourth-order valence-electron chi connectivity index (χ4n) is 0.910. The minimum Gasteiger partial charge on any atom is -0.395 e. The summed E-state index contributed by atoms with van der Waals surface area (Å²) in [5.74, 6) is 0. The average Bonchev–Trinajstić information content (AvgIpc) is 2.16. The van der Waals surface area contributed by atoms with Crippen LogP contribution in [-0.4, -0.2) is 34.5 Å². The monoisotopic (exact) mass is 211 g/mol. The Morgan fingerprint density at radius 1 is 1.29 bits per heavy atom. The maximum Gasteiger partial charge on any atom is 0.240 e. The van der Waals surface area contributed by atoms with Gasteiger partial charge in [-0.05, 0) is 12.1 Å². The lowest BCUT2D eigenvalue weighted by molar-refractivity contribution is 0.301. The molecule has 0 amide bonds. The SMILES string of the molecule is [B]c1ccc(S(=O)(=O)NCCO)cc1. The van der Waals surface area contributed by atoms with Crippen LogP contribution in [0.15, 0.2) is 29.2 Å². The van der Waals surface area contributed by atoms with Gasteiger partial charge in [-0.1, -0.05) is 17.6 Å². The standard InChI is InChI=1S/C8H10BNO3S/c9-7-1-3-8(4-2-7)14(12,13)10-5-6-11/h1-4,10-11H,5-6H2. The van der Waals surface area contributed by atoms with Gasteiger partial charge in [0, 0.05) is 6.54 Å². The lowest BCUT2D eigenvalue weighted by Gasteiger charge is -2.04. The number of hydrogen-bond donors (Lipinski definition) is 2. The van der Waals surface area contributed by atoms with Crippen molar-refractivity contribution in [1.82, 2.24) is 4.72 Å². The number of benzene rings is 1. The molecular weight excluding hydrogens is 201 g/mol. The van der Waals surface area contributed by atoms with Crippen LogP contribution in [0.4, 0.5) is 0 Å². The first-order valence-corrected chi connectivity index (χ1v) is 5.50. The summed E-state index contributed by atoms with van der Waals surface area (Å²) in [6.45, 7) is -0.221. The molecule has 2 N–H and O–H groups in total. The Bertz CT molecular complexity index is 388. The molecule has 0 spiro atoms. The zero-order valence-electron chi connectivity index (χ0n) is 7.47. The van der Waals surface area contributed by atoms with Gasteiger partial charge in [0.1, 0.15) is 7.85 Å². The molecule has 0 bridgehead atoms. The Morgan fingerprint density at radius 3 is 2.36 bits per heavy atom. The predicted molar refractivity (Wildman–Crippen MR) is 54.1 cm³/mol. The second-order valence-electron chi connectivity index (χ2n) is 2.69. The van der Waals surface area contributed by atoms with Crippen LogP contribution in [0.3, 0.4) is 0 Å². The maximum absolute atomic E-state index is 11.4. The number of aliphatic hydroxyl groups is 1. The minimum atomic E-state index is -3.50. The van der Waals surface area contributed by atoms with E-state index in [1.807, 2.05) is 0 Å². The zero-order chi connectivity index (χ0) is 10.6. The summed E-state index contributed by atoms with van der Waals surface area (Å²) in [7, 11) is 1.91. The van der Waals surface area contributed by atoms with Gasteiger partial charge in [0.05, 0.1) is 11.5 Å². The lowest BCUT2D eigenvalue weighted by atomic mass is 9.97. The van der Waals surface area contributed by atoms with Crippen molar-refractivity contribution in [2.45, 2.75) is 4.90 Å². The first-order chi connectivity index (χ1) is 6.56. The Hall–Kier alpha value is -0.845. The highest BCUT2D eigenvalue weighted by Crippen LogP contribution is 2.05. The van der Waals surface area contributed by atoms with E-state index in [0.29, 0.717) is 5.46 Å². The highest BCUT2D eigenvalue weighted by molar-refractivity contribution is 7.89. The molecule has 0 aliphatic heterocycles. The summed E-state index contributed by atoms with van der Waals surface area (Å²) in [6, 6.07) is 5.84. The van der Waals surface area contributed by atoms with E-state index in [2.05, 4.69) is 4.72 Å². The lowest BCUT2D eigenvalue weighted by Crippen LogP contribution is -2.26. The van der Waals surface area contributed by atoms with Gasteiger partial charge in [-0.25, -0.2) is 13.1 Å². The van der Waals surface area contributed by atoms with Gasteiger partial charge >= 0.3 is 0 Å². The molecule has 1 aromatic carbocycles. The van der Waals surface area contributed by atoms with Crippen molar-refractivity contribution in [2.75, 3.05) is 13.2 Å². The molecule has 0 unspecified atom stereocenters. The zero-order valence-corrected chi connectivity index (χ0v) is 8.29. The molecule has 2 radical (unpaired) electrons. The highest BCUT2D eigenvalue weighted by Gasteiger charge is 2.11.